The molecule has 17 heavy (non-hydrogen) atoms. The number of hydrogen-bond acceptors (Lipinski definition) is 3. The van der Waals surface area contributed by atoms with Crippen molar-refractivity contribution in [2.45, 2.75) is 45.6 Å². The molecule has 1 aromatic rings. The van der Waals surface area contributed by atoms with Gasteiger partial charge < -0.3 is 5.32 Å². The second kappa shape index (κ2) is 3.46. The standard InChI is InChI=1S/C14H17N3/c1-14(2)7-12(14)17-13-10(8-15)6-9-4-3-5-11(9)16-13/h6,12H,3-5,7H2,1-2H3,(H,16,17). The van der Waals surface area contributed by atoms with Crippen LogP contribution in [-0.2, 0) is 12.8 Å². The Morgan fingerprint density at radius 3 is 2.88 bits per heavy atom. The molecule has 2 aliphatic rings. The lowest BCUT2D eigenvalue weighted by Crippen LogP contribution is -2.12. The molecular formula is C14H17N3. The first-order chi connectivity index (χ1) is 8.10. The molecule has 88 valence electrons. The minimum atomic E-state index is 0.355. The lowest BCUT2D eigenvalue weighted by Gasteiger charge is -2.10. The largest absolute Gasteiger partial charge is 0.366 e. The number of rotatable bonds is 2. The van der Waals surface area contributed by atoms with Crippen molar-refractivity contribution in [3.8, 4) is 6.07 Å². The third-order valence-electron chi connectivity index (χ3n) is 4.00. The highest BCUT2D eigenvalue weighted by molar-refractivity contribution is 5.56. The highest BCUT2D eigenvalue weighted by Crippen LogP contribution is 2.46. The molecule has 1 atom stereocenters. The molecule has 0 saturated heterocycles. The molecule has 0 spiro atoms. The van der Waals surface area contributed by atoms with E-state index in [0.717, 1.165) is 25.1 Å². The summed E-state index contributed by atoms with van der Waals surface area (Å²) < 4.78 is 0. The van der Waals surface area contributed by atoms with Crippen LogP contribution in [0.15, 0.2) is 6.07 Å². The quantitative estimate of drug-likeness (QED) is 0.845. The summed E-state index contributed by atoms with van der Waals surface area (Å²) >= 11 is 0. The smallest absolute Gasteiger partial charge is 0.144 e. The van der Waals surface area contributed by atoms with Gasteiger partial charge in [-0.2, -0.15) is 5.26 Å². The Labute approximate surface area is 102 Å². The highest BCUT2D eigenvalue weighted by atomic mass is 15.1. The van der Waals surface area contributed by atoms with Crippen molar-refractivity contribution in [2.75, 3.05) is 5.32 Å². The zero-order valence-corrected chi connectivity index (χ0v) is 10.4. The van der Waals surface area contributed by atoms with Crippen LogP contribution >= 0.6 is 0 Å². The molecule has 1 unspecified atom stereocenters. The average molecular weight is 227 g/mol. The third kappa shape index (κ3) is 1.78. The van der Waals surface area contributed by atoms with E-state index >= 15 is 0 Å². The van der Waals surface area contributed by atoms with Crippen molar-refractivity contribution in [2.24, 2.45) is 5.41 Å². The number of hydrogen-bond donors (Lipinski definition) is 1. The van der Waals surface area contributed by atoms with Gasteiger partial charge in [0.25, 0.3) is 0 Å². The summed E-state index contributed by atoms with van der Waals surface area (Å²) in [5.41, 5.74) is 3.51. The minimum Gasteiger partial charge on any atom is -0.366 e. The Bertz CT molecular complexity index is 511. The van der Waals surface area contributed by atoms with Gasteiger partial charge in [-0.1, -0.05) is 13.8 Å². The van der Waals surface area contributed by atoms with Crippen LogP contribution in [0.25, 0.3) is 0 Å². The van der Waals surface area contributed by atoms with Crippen molar-refractivity contribution in [3.05, 3.63) is 22.9 Å². The van der Waals surface area contributed by atoms with E-state index < -0.39 is 0 Å². The van der Waals surface area contributed by atoms with Crippen LogP contribution in [0.3, 0.4) is 0 Å². The maximum atomic E-state index is 9.18. The van der Waals surface area contributed by atoms with Crippen LogP contribution in [0.4, 0.5) is 5.82 Å². The number of nitrogens with zero attached hydrogens (tertiary/aromatic N) is 2. The maximum absolute atomic E-state index is 9.18. The normalized spacial score (nSPS) is 23.9. The van der Waals surface area contributed by atoms with Gasteiger partial charge >= 0.3 is 0 Å². The fraction of sp³-hybridized carbons (Fsp3) is 0.571. The fourth-order valence-electron chi connectivity index (χ4n) is 2.55. The van der Waals surface area contributed by atoms with Gasteiger partial charge in [0.05, 0.1) is 5.56 Å². The molecule has 1 aromatic heterocycles. The molecule has 1 saturated carbocycles. The molecule has 1 N–H and O–H groups in total. The van der Waals surface area contributed by atoms with Gasteiger partial charge in [-0.15, -0.1) is 0 Å². The fourth-order valence-corrected chi connectivity index (χ4v) is 2.55. The first kappa shape index (κ1) is 10.6. The van der Waals surface area contributed by atoms with E-state index in [-0.39, 0.29) is 0 Å². The topological polar surface area (TPSA) is 48.7 Å². The van der Waals surface area contributed by atoms with Gasteiger partial charge in [-0.25, -0.2) is 4.98 Å². The summed E-state index contributed by atoms with van der Waals surface area (Å²) in [6.07, 6.45) is 4.47. The van der Waals surface area contributed by atoms with E-state index in [9.17, 15) is 5.26 Å². The monoisotopic (exact) mass is 227 g/mol. The molecule has 0 amide bonds. The Hall–Kier alpha value is -1.56. The van der Waals surface area contributed by atoms with Crippen LogP contribution in [-0.4, -0.2) is 11.0 Å². The van der Waals surface area contributed by atoms with E-state index in [0.29, 0.717) is 17.0 Å². The van der Waals surface area contributed by atoms with E-state index in [1.807, 2.05) is 6.07 Å². The number of aryl methyl sites for hydroxylation is 2. The molecule has 2 aliphatic carbocycles. The molecule has 3 rings (SSSR count). The third-order valence-corrected chi connectivity index (χ3v) is 4.00. The molecule has 0 radical (unpaired) electrons. The van der Waals surface area contributed by atoms with E-state index in [1.165, 1.54) is 17.7 Å². The van der Waals surface area contributed by atoms with Crippen LogP contribution in [0.5, 0.6) is 0 Å². The molecule has 3 heteroatoms. The van der Waals surface area contributed by atoms with Gasteiger partial charge in [-0.3, -0.25) is 0 Å². The average Bonchev–Trinajstić information content (AvgIpc) is 2.73. The Balaban J connectivity index is 1.91. The number of nitriles is 1. The number of pyridine rings is 1. The van der Waals surface area contributed by atoms with Gasteiger partial charge in [-0.05, 0) is 42.7 Å². The zero-order chi connectivity index (χ0) is 12.0. The first-order valence-corrected chi connectivity index (χ1v) is 6.29. The Morgan fingerprint density at radius 2 is 2.24 bits per heavy atom. The predicted molar refractivity (Wildman–Crippen MR) is 66.8 cm³/mol. The summed E-state index contributed by atoms with van der Waals surface area (Å²) in [5.74, 6) is 0.795. The van der Waals surface area contributed by atoms with E-state index in [4.69, 9.17) is 0 Å². The molecule has 1 fully saturated rings. The molecule has 3 nitrogen and oxygen atoms in total. The van der Waals surface area contributed by atoms with Gasteiger partial charge in [0.2, 0.25) is 0 Å². The van der Waals surface area contributed by atoms with Gasteiger partial charge in [0, 0.05) is 11.7 Å². The van der Waals surface area contributed by atoms with Crippen LogP contribution in [0.1, 0.15) is 43.5 Å². The summed E-state index contributed by atoms with van der Waals surface area (Å²) in [5, 5.41) is 12.6. The number of nitrogens with one attached hydrogen (secondary N) is 1. The molecule has 1 heterocycles. The van der Waals surface area contributed by atoms with E-state index in [1.54, 1.807) is 0 Å². The van der Waals surface area contributed by atoms with Gasteiger partial charge in [0.1, 0.15) is 11.9 Å². The molecule has 0 aliphatic heterocycles. The van der Waals surface area contributed by atoms with Crippen molar-refractivity contribution >= 4 is 5.82 Å². The zero-order valence-electron chi connectivity index (χ0n) is 10.4. The summed E-state index contributed by atoms with van der Waals surface area (Å²) in [6, 6.07) is 4.76. The van der Waals surface area contributed by atoms with Crippen molar-refractivity contribution in [1.82, 2.24) is 4.98 Å². The van der Waals surface area contributed by atoms with Crippen molar-refractivity contribution in [1.29, 1.82) is 5.26 Å². The lowest BCUT2D eigenvalue weighted by molar-refractivity contribution is 0.629. The first-order valence-electron chi connectivity index (χ1n) is 6.29. The number of anilines is 1. The van der Waals surface area contributed by atoms with Crippen LogP contribution in [0.2, 0.25) is 0 Å². The SMILES string of the molecule is CC1(C)CC1Nc1nc2c(cc1C#N)CCC2. The Kier molecular flexibility index (Phi) is 2.16. The number of fused-ring (bicyclic) bond motifs is 1. The van der Waals surface area contributed by atoms with Crippen molar-refractivity contribution in [3.63, 3.8) is 0 Å². The highest BCUT2D eigenvalue weighted by Gasteiger charge is 2.46. The van der Waals surface area contributed by atoms with Gasteiger partial charge in [0.15, 0.2) is 0 Å². The summed E-state index contributed by atoms with van der Waals surface area (Å²) in [4.78, 5) is 4.64. The molecule has 0 aromatic carbocycles. The second-order valence-electron chi connectivity index (χ2n) is 5.85. The second-order valence-corrected chi connectivity index (χ2v) is 5.85. The maximum Gasteiger partial charge on any atom is 0.144 e. The van der Waals surface area contributed by atoms with E-state index in [2.05, 4.69) is 30.2 Å². The van der Waals surface area contributed by atoms with Crippen LogP contribution < -0.4 is 5.32 Å². The molecule has 0 bridgehead atoms. The summed E-state index contributed by atoms with van der Waals surface area (Å²) in [6.45, 7) is 4.48. The van der Waals surface area contributed by atoms with Crippen LogP contribution in [0, 0.1) is 16.7 Å². The minimum absolute atomic E-state index is 0.355. The number of aromatic nitrogens is 1. The van der Waals surface area contributed by atoms with Crippen molar-refractivity contribution < 1.29 is 0 Å². The molecular weight excluding hydrogens is 210 g/mol. The lowest BCUT2D eigenvalue weighted by atomic mass is 10.1. The Morgan fingerprint density at radius 1 is 1.47 bits per heavy atom. The summed E-state index contributed by atoms with van der Waals surface area (Å²) in [7, 11) is 0. The predicted octanol–water partition coefficient (Wildman–Crippen LogP) is 2.65.